The molecule has 1 aliphatic heterocycles. The van der Waals surface area contributed by atoms with Gasteiger partial charge in [0.1, 0.15) is 10.7 Å². The maximum Gasteiger partial charge on any atom is 0.350 e. The van der Waals surface area contributed by atoms with Crippen LogP contribution in [0.1, 0.15) is 53.0 Å². The van der Waals surface area contributed by atoms with Gasteiger partial charge in [-0.25, -0.2) is 28.3 Å². The first-order valence-electron chi connectivity index (χ1n) is 12.5. The number of aryl methyl sites for hydroxylation is 1. The zero-order valence-corrected chi connectivity index (χ0v) is 24.3. The van der Waals surface area contributed by atoms with E-state index in [2.05, 4.69) is 25.6 Å². The molecule has 4 rings (SSSR count). The molecule has 15 heteroatoms. The second kappa shape index (κ2) is 11.4. The Morgan fingerprint density at radius 3 is 2.50 bits per heavy atom. The third kappa shape index (κ3) is 6.72. The van der Waals surface area contributed by atoms with E-state index in [0.717, 1.165) is 28.2 Å². The lowest BCUT2D eigenvalue weighted by Crippen LogP contribution is -2.52. The number of anilines is 3. The van der Waals surface area contributed by atoms with Crippen LogP contribution in [-0.4, -0.2) is 58.8 Å². The molecule has 0 spiro atoms. The second-order valence-corrected chi connectivity index (χ2v) is 12.4. The number of amides is 1. The molecule has 0 unspecified atom stereocenters. The molecule has 3 aromatic rings. The Morgan fingerprint density at radius 2 is 1.88 bits per heavy atom. The first kappa shape index (κ1) is 29.3. The topological polar surface area (TPSA) is 196 Å². The van der Waals surface area contributed by atoms with Gasteiger partial charge in [0.15, 0.2) is 5.13 Å². The molecule has 1 aliphatic rings. The molecule has 13 nitrogen and oxygen atoms in total. The molecule has 214 valence electrons. The molecule has 2 aromatic heterocycles. The number of nitrogens with zero attached hydrogens (tertiary/aromatic N) is 4. The number of sulfonamides is 1. The predicted molar refractivity (Wildman–Crippen MR) is 151 cm³/mol. The first-order chi connectivity index (χ1) is 18.8. The van der Waals surface area contributed by atoms with Gasteiger partial charge in [0.2, 0.25) is 21.9 Å². The summed E-state index contributed by atoms with van der Waals surface area (Å²) < 4.78 is 28.3. The van der Waals surface area contributed by atoms with Crippen molar-refractivity contribution < 1.29 is 22.7 Å². The van der Waals surface area contributed by atoms with E-state index < -0.39 is 21.5 Å². The van der Waals surface area contributed by atoms with Crippen LogP contribution in [0, 0.1) is 6.92 Å². The number of nitrogens with two attached hydrogens (primary N) is 2. The minimum Gasteiger partial charge on any atom is -0.462 e. The summed E-state index contributed by atoms with van der Waals surface area (Å²) in [5.41, 5.74) is 7.86. The predicted octanol–water partition coefficient (Wildman–Crippen LogP) is 2.04. The molecule has 0 saturated heterocycles. The number of aromatic nitrogens is 3. The molecule has 1 aromatic carbocycles. The number of thiazole rings is 1. The summed E-state index contributed by atoms with van der Waals surface area (Å²) in [5, 5.41) is 12.0. The minimum absolute atomic E-state index is 0.0154. The highest BCUT2D eigenvalue weighted by Gasteiger charge is 2.32. The lowest BCUT2D eigenvalue weighted by Gasteiger charge is -2.33. The minimum atomic E-state index is -3.80. The summed E-state index contributed by atoms with van der Waals surface area (Å²) in [6.07, 6.45) is 0.483. The number of carbonyl (C=O) groups excluding carboxylic acids is 2. The summed E-state index contributed by atoms with van der Waals surface area (Å²) in [5.74, 6) is 0.137. The van der Waals surface area contributed by atoms with Crippen molar-refractivity contribution in [1.82, 2.24) is 19.9 Å². The number of carbonyl (C=O) groups is 2. The van der Waals surface area contributed by atoms with E-state index in [4.69, 9.17) is 15.6 Å². The molecule has 0 bridgehead atoms. The van der Waals surface area contributed by atoms with Crippen LogP contribution in [0.15, 0.2) is 29.2 Å². The van der Waals surface area contributed by atoms with E-state index in [0.29, 0.717) is 41.0 Å². The molecular formula is C25H32N8O5S2. The van der Waals surface area contributed by atoms with Gasteiger partial charge in [-0.3, -0.25) is 10.1 Å². The maximum absolute atomic E-state index is 12.9. The number of esters is 1. The average Bonchev–Trinajstić information content (AvgIpc) is 3.25. The normalized spacial score (nSPS) is 13.5. The van der Waals surface area contributed by atoms with E-state index in [-0.39, 0.29) is 29.9 Å². The van der Waals surface area contributed by atoms with Gasteiger partial charge in [0.25, 0.3) is 0 Å². The van der Waals surface area contributed by atoms with Crippen LogP contribution >= 0.6 is 11.3 Å². The van der Waals surface area contributed by atoms with Gasteiger partial charge in [-0.05, 0) is 45.4 Å². The standard InChI is InChI=1S/C25H32N8O5S2/c1-5-38-21(34)19-14(2)29-24(39-19)32-23-30-18-10-11-33(22(35)25(3,4)26)13-17(18)20(31-23)28-12-15-6-8-16(9-7-15)40(27,36)37/h6-9H,5,10-13,26H2,1-4H3,(H2,27,36,37)(H2,28,29,30,31,32). The number of nitrogens with one attached hydrogen (secondary N) is 2. The summed E-state index contributed by atoms with van der Waals surface area (Å²) >= 11 is 1.14. The van der Waals surface area contributed by atoms with Crippen molar-refractivity contribution in [2.75, 3.05) is 23.8 Å². The Kier molecular flexibility index (Phi) is 8.39. The van der Waals surface area contributed by atoms with Gasteiger partial charge in [-0.1, -0.05) is 23.5 Å². The number of rotatable bonds is 9. The Labute approximate surface area is 236 Å². The average molecular weight is 589 g/mol. The number of primary sulfonamides is 1. The highest BCUT2D eigenvalue weighted by atomic mass is 32.2. The van der Waals surface area contributed by atoms with Crippen molar-refractivity contribution in [3.05, 3.63) is 51.7 Å². The van der Waals surface area contributed by atoms with Crippen LogP contribution in [-0.2, 0) is 39.1 Å². The van der Waals surface area contributed by atoms with Crippen LogP contribution in [0.4, 0.5) is 16.9 Å². The largest absolute Gasteiger partial charge is 0.462 e. The van der Waals surface area contributed by atoms with Gasteiger partial charge in [0, 0.05) is 25.1 Å². The van der Waals surface area contributed by atoms with Crippen molar-refractivity contribution in [1.29, 1.82) is 0 Å². The zero-order chi connectivity index (χ0) is 29.2. The summed E-state index contributed by atoms with van der Waals surface area (Å²) in [4.78, 5) is 41.0. The molecule has 6 N–H and O–H groups in total. The van der Waals surface area contributed by atoms with Crippen LogP contribution in [0.25, 0.3) is 0 Å². The Bertz CT molecular complexity index is 1530. The van der Waals surface area contributed by atoms with Crippen LogP contribution in [0.5, 0.6) is 0 Å². The third-order valence-corrected chi connectivity index (χ3v) is 8.07. The van der Waals surface area contributed by atoms with Crippen molar-refractivity contribution in [3.8, 4) is 0 Å². The number of fused-ring (bicyclic) bond motifs is 1. The molecule has 3 heterocycles. The maximum atomic E-state index is 12.9. The molecule has 0 radical (unpaired) electrons. The first-order valence-corrected chi connectivity index (χ1v) is 14.9. The van der Waals surface area contributed by atoms with Gasteiger partial charge in [-0.15, -0.1) is 0 Å². The summed E-state index contributed by atoms with van der Waals surface area (Å²) in [6, 6.07) is 6.18. The fourth-order valence-electron chi connectivity index (χ4n) is 4.11. The number of benzene rings is 1. The number of hydrogen-bond acceptors (Lipinski definition) is 12. The Hall–Kier alpha value is -3.66. The molecule has 1 amide bonds. The molecule has 0 saturated carbocycles. The summed E-state index contributed by atoms with van der Waals surface area (Å²) in [7, 11) is -3.80. The van der Waals surface area contributed by atoms with Crippen molar-refractivity contribution in [2.45, 2.75) is 57.6 Å². The van der Waals surface area contributed by atoms with Gasteiger partial charge >= 0.3 is 5.97 Å². The fraction of sp³-hybridized carbons (Fsp3) is 0.400. The van der Waals surface area contributed by atoms with Crippen molar-refractivity contribution >= 4 is 50.1 Å². The molecule has 40 heavy (non-hydrogen) atoms. The van der Waals surface area contributed by atoms with E-state index in [1.807, 2.05) is 0 Å². The van der Waals surface area contributed by atoms with Crippen molar-refractivity contribution in [3.63, 3.8) is 0 Å². The highest BCUT2D eigenvalue weighted by molar-refractivity contribution is 7.89. The van der Waals surface area contributed by atoms with Gasteiger partial charge < -0.3 is 20.7 Å². The smallest absolute Gasteiger partial charge is 0.350 e. The summed E-state index contributed by atoms with van der Waals surface area (Å²) in [6.45, 7) is 8.08. The quantitative estimate of drug-likeness (QED) is 0.267. The Morgan fingerprint density at radius 1 is 1.18 bits per heavy atom. The Balaban J connectivity index is 1.63. The van der Waals surface area contributed by atoms with Crippen LogP contribution < -0.4 is 21.5 Å². The second-order valence-electron chi connectivity index (χ2n) is 9.84. The monoisotopic (exact) mass is 588 g/mol. The van der Waals surface area contributed by atoms with Gasteiger partial charge in [-0.2, -0.15) is 4.98 Å². The fourth-order valence-corrected chi connectivity index (χ4v) is 5.48. The van der Waals surface area contributed by atoms with Crippen molar-refractivity contribution in [2.24, 2.45) is 10.9 Å². The van der Waals surface area contributed by atoms with E-state index in [1.54, 1.807) is 44.7 Å². The number of hydrogen-bond donors (Lipinski definition) is 4. The van der Waals surface area contributed by atoms with E-state index >= 15 is 0 Å². The lowest BCUT2D eigenvalue weighted by atomic mass is 10.0. The molecule has 0 fully saturated rings. The molecule has 0 atom stereocenters. The van der Waals surface area contributed by atoms with E-state index in [1.165, 1.54) is 12.1 Å². The molecular weight excluding hydrogens is 556 g/mol. The molecule has 0 aliphatic carbocycles. The van der Waals surface area contributed by atoms with E-state index in [9.17, 15) is 18.0 Å². The lowest BCUT2D eigenvalue weighted by molar-refractivity contribution is -0.136. The number of ether oxygens (including phenoxy) is 1. The van der Waals surface area contributed by atoms with Gasteiger partial charge in [0.05, 0.1) is 35.0 Å². The highest BCUT2D eigenvalue weighted by Crippen LogP contribution is 2.30. The van der Waals surface area contributed by atoms with Crippen LogP contribution in [0.2, 0.25) is 0 Å². The SMILES string of the molecule is CCOC(=O)c1sc(Nc2nc3c(c(NCc4ccc(S(N)(=O)=O)cc4)n2)CN(C(=O)C(C)(C)N)CC3)nc1C. The van der Waals surface area contributed by atoms with Crippen LogP contribution in [0.3, 0.4) is 0 Å². The third-order valence-electron chi connectivity index (χ3n) is 6.09. The zero-order valence-electron chi connectivity index (χ0n) is 22.6.